The Kier molecular flexibility index (Phi) is 3.85. The Hall–Kier alpha value is -1.88. The maximum Gasteiger partial charge on any atom is 0.284 e. The van der Waals surface area contributed by atoms with Gasteiger partial charge in [0.05, 0.1) is 5.69 Å². The summed E-state index contributed by atoms with van der Waals surface area (Å²) in [6, 6.07) is 7.71. The molecule has 2 aromatic rings. The fourth-order valence-corrected chi connectivity index (χ4v) is 2.41. The van der Waals surface area contributed by atoms with Crippen molar-refractivity contribution in [1.29, 1.82) is 0 Å². The van der Waals surface area contributed by atoms with Crippen molar-refractivity contribution in [2.24, 2.45) is 0 Å². The summed E-state index contributed by atoms with van der Waals surface area (Å²) in [5.74, 6) is -0.154. The lowest BCUT2D eigenvalue weighted by atomic mass is 10.2. The summed E-state index contributed by atoms with van der Waals surface area (Å²) in [5, 5.41) is 3.36. The van der Waals surface area contributed by atoms with Gasteiger partial charge in [0.2, 0.25) is 0 Å². The Morgan fingerprint density at radius 1 is 1.21 bits per heavy atom. The third-order valence-corrected chi connectivity index (χ3v) is 3.94. The lowest BCUT2D eigenvalue weighted by molar-refractivity contribution is 0.102. The fourth-order valence-electron chi connectivity index (χ4n) is 1.60. The Morgan fingerprint density at radius 2 is 1.84 bits per heavy atom. The van der Waals surface area contributed by atoms with E-state index in [1.165, 1.54) is 11.3 Å². The Labute approximate surface area is 117 Å². The standard InChI is InChI=1S/C14H17N3OS/c1-9-10(2)19-14(15-9)13(18)16-11-5-7-12(8-6-11)17(3)4/h5-8H,1-4H3,(H,16,18). The van der Waals surface area contributed by atoms with Crippen LogP contribution in [0.15, 0.2) is 24.3 Å². The number of nitrogens with zero attached hydrogens (tertiary/aromatic N) is 2. The molecule has 0 radical (unpaired) electrons. The average Bonchev–Trinajstić information content (AvgIpc) is 2.70. The van der Waals surface area contributed by atoms with E-state index >= 15 is 0 Å². The molecule has 1 heterocycles. The van der Waals surface area contributed by atoms with Gasteiger partial charge in [-0.15, -0.1) is 11.3 Å². The smallest absolute Gasteiger partial charge is 0.284 e. The van der Waals surface area contributed by atoms with Gasteiger partial charge in [0, 0.05) is 30.3 Å². The van der Waals surface area contributed by atoms with Crippen LogP contribution in [0.3, 0.4) is 0 Å². The molecule has 0 bridgehead atoms. The molecule has 1 amide bonds. The van der Waals surface area contributed by atoms with Gasteiger partial charge >= 0.3 is 0 Å². The zero-order valence-corrected chi connectivity index (χ0v) is 12.3. The van der Waals surface area contributed by atoms with Crippen LogP contribution in [-0.2, 0) is 0 Å². The van der Waals surface area contributed by atoms with Gasteiger partial charge in [-0.2, -0.15) is 0 Å². The van der Waals surface area contributed by atoms with Crippen molar-refractivity contribution in [1.82, 2.24) is 4.98 Å². The molecule has 19 heavy (non-hydrogen) atoms. The minimum Gasteiger partial charge on any atom is -0.378 e. The van der Waals surface area contributed by atoms with E-state index in [1.54, 1.807) is 0 Å². The van der Waals surface area contributed by atoms with E-state index in [9.17, 15) is 4.79 Å². The summed E-state index contributed by atoms with van der Waals surface area (Å²) < 4.78 is 0. The van der Waals surface area contributed by atoms with E-state index < -0.39 is 0 Å². The number of thiazole rings is 1. The molecule has 0 saturated heterocycles. The predicted molar refractivity (Wildman–Crippen MR) is 80.3 cm³/mol. The van der Waals surface area contributed by atoms with Crippen LogP contribution < -0.4 is 10.2 Å². The van der Waals surface area contributed by atoms with Crippen molar-refractivity contribution in [2.75, 3.05) is 24.3 Å². The zero-order valence-electron chi connectivity index (χ0n) is 11.5. The van der Waals surface area contributed by atoms with Crippen LogP contribution in [0.4, 0.5) is 11.4 Å². The molecule has 0 aliphatic heterocycles. The van der Waals surface area contributed by atoms with Crippen molar-refractivity contribution in [2.45, 2.75) is 13.8 Å². The van der Waals surface area contributed by atoms with Crippen molar-refractivity contribution in [3.8, 4) is 0 Å². The second-order valence-electron chi connectivity index (χ2n) is 4.56. The second-order valence-corrected chi connectivity index (χ2v) is 5.76. The molecule has 0 unspecified atom stereocenters. The number of aryl methyl sites for hydroxylation is 2. The number of carbonyl (C=O) groups excluding carboxylic acids is 1. The predicted octanol–water partition coefficient (Wildman–Crippen LogP) is 3.08. The molecular formula is C14H17N3OS. The van der Waals surface area contributed by atoms with Crippen molar-refractivity contribution < 1.29 is 4.79 Å². The Morgan fingerprint density at radius 3 is 2.32 bits per heavy atom. The molecule has 0 aliphatic carbocycles. The van der Waals surface area contributed by atoms with E-state index in [-0.39, 0.29) is 5.91 Å². The molecule has 1 aromatic carbocycles. The lowest BCUT2D eigenvalue weighted by Crippen LogP contribution is -2.12. The van der Waals surface area contributed by atoms with Gasteiger partial charge in [-0.05, 0) is 38.1 Å². The van der Waals surface area contributed by atoms with Gasteiger partial charge in [0.15, 0.2) is 5.01 Å². The molecule has 2 rings (SSSR count). The fraction of sp³-hybridized carbons (Fsp3) is 0.286. The molecule has 0 saturated carbocycles. The zero-order chi connectivity index (χ0) is 14.0. The molecule has 0 aliphatic rings. The summed E-state index contributed by atoms with van der Waals surface area (Å²) in [5.41, 5.74) is 2.79. The highest BCUT2D eigenvalue weighted by atomic mass is 32.1. The van der Waals surface area contributed by atoms with Crippen LogP contribution in [-0.4, -0.2) is 25.0 Å². The van der Waals surface area contributed by atoms with Crippen molar-refractivity contribution >= 4 is 28.6 Å². The van der Waals surface area contributed by atoms with Crippen molar-refractivity contribution in [3.05, 3.63) is 39.8 Å². The number of carbonyl (C=O) groups is 1. The first-order valence-electron chi connectivity index (χ1n) is 6.00. The first-order valence-corrected chi connectivity index (χ1v) is 6.82. The highest BCUT2D eigenvalue weighted by molar-refractivity contribution is 7.13. The number of anilines is 2. The number of benzene rings is 1. The molecule has 100 valence electrons. The average molecular weight is 275 g/mol. The molecule has 1 aromatic heterocycles. The molecule has 0 atom stereocenters. The van der Waals surface area contributed by atoms with Gasteiger partial charge in [-0.3, -0.25) is 4.79 Å². The lowest BCUT2D eigenvalue weighted by Gasteiger charge is -2.12. The summed E-state index contributed by atoms with van der Waals surface area (Å²) in [6.07, 6.45) is 0. The van der Waals surface area contributed by atoms with E-state index in [0.29, 0.717) is 5.01 Å². The molecule has 1 N–H and O–H groups in total. The minimum absolute atomic E-state index is 0.154. The molecule has 4 nitrogen and oxygen atoms in total. The number of hydrogen-bond acceptors (Lipinski definition) is 4. The SMILES string of the molecule is Cc1nc(C(=O)Nc2ccc(N(C)C)cc2)sc1C. The molecular weight excluding hydrogens is 258 g/mol. The van der Waals surface area contributed by atoms with Crippen LogP contribution >= 0.6 is 11.3 Å². The third kappa shape index (κ3) is 3.12. The number of aromatic nitrogens is 1. The van der Waals surface area contributed by atoms with Crippen LogP contribution in [0.5, 0.6) is 0 Å². The number of hydrogen-bond donors (Lipinski definition) is 1. The summed E-state index contributed by atoms with van der Waals surface area (Å²) in [7, 11) is 3.96. The Balaban J connectivity index is 2.10. The largest absolute Gasteiger partial charge is 0.378 e. The number of rotatable bonds is 3. The normalized spacial score (nSPS) is 10.3. The van der Waals surface area contributed by atoms with Gasteiger partial charge in [0.25, 0.3) is 5.91 Å². The maximum absolute atomic E-state index is 12.0. The van der Waals surface area contributed by atoms with E-state index in [2.05, 4.69) is 10.3 Å². The van der Waals surface area contributed by atoms with Crippen LogP contribution in [0.2, 0.25) is 0 Å². The quantitative estimate of drug-likeness (QED) is 0.936. The molecule has 5 heteroatoms. The van der Waals surface area contributed by atoms with Crippen LogP contribution in [0, 0.1) is 13.8 Å². The highest BCUT2D eigenvalue weighted by Gasteiger charge is 2.12. The number of amides is 1. The van der Waals surface area contributed by atoms with Crippen molar-refractivity contribution in [3.63, 3.8) is 0 Å². The second kappa shape index (κ2) is 5.40. The first kappa shape index (κ1) is 13.5. The van der Waals surface area contributed by atoms with Crippen LogP contribution in [0.1, 0.15) is 20.4 Å². The highest BCUT2D eigenvalue weighted by Crippen LogP contribution is 2.19. The van der Waals surface area contributed by atoms with Gasteiger partial charge in [-0.25, -0.2) is 4.98 Å². The van der Waals surface area contributed by atoms with Gasteiger partial charge < -0.3 is 10.2 Å². The molecule has 0 spiro atoms. The first-order chi connectivity index (χ1) is 8.97. The topological polar surface area (TPSA) is 45.2 Å². The third-order valence-electron chi connectivity index (χ3n) is 2.86. The van der Waals surface area contributed by atoms with E-state index in [1.807, 2.05) is 57.1 Å². The maximum atomic E-state index is 12.0. The van der Waals surface area contributed by atoms with Crippen LogP contribution in [0.25, 0.3) is 0 Å². The Bertz CT molecular complexity index is 568. The summed E-state index contributed by atoms with van der Waals surface area (Å²) in [4.78, 5) is 19.4. The summed E-state index contributed by atoms with van der Waals surface area (Å²) >= 11 is 1.42. The van der Waals surface area contributed by atoms with Gasteiger partial charge in [0.1, 0.15) is 0 Å². The van der Waals surface area contributed by atoms with E-state index in [4.69, 9.17) is 0 Å². The van der Waals surface area contributed by atoms with E-state index in [0.717, 1.165) is 21.9 Å². The summed E-state index contributed by atoms with van der Waals surface area (Å²) in [6.45, 7) is 3.88. The number of nitrogens with one attached hydrogen (secondary N) is 1. The van der Waals surface area contributed by atoms with Gasteiger partial charge in [-0.1, -0.05) is 0 Å². The monoisotopic (exact) mass is 275 g/mol. The molecule has 0 fully saturated rings. The minimum atomic E-state index is -0.154.